The van der Waals surface area contributed by atoms with Crippen molar-refractivity contribution in [2.24, 2.45) is 0 Å². The number of nitrogens with zero attached hydrogens (tertiary/aromatic N) is 3. The second-order valence-electron chi connectivity index (χ2n) is 5.38. The summed E-state index contributed by atoms with van der Waals surface area (Å²) in [4.78, 5) is 18.8. The predicted molar refractivity (Wildman–Crippen MR) is 72.6 cm³/mol. The van der Waals surface area contributed by atoms with Crippen LogP contribution in [-0.4, -0.2) is 86.6 Å². The molecular formula is C13H26N4O. The first-order valence-electron chi connectivity index (χ1n) is 7.15. The molecule has 2 fully saturated rings. The molecule has 0 aromatic heterocycles. The van der Waals surface area contributed by atoms with Crippen LogP contribution < -0.4 is 5.32 Å². The third-order valence-electron chi connectivity index (χ3n) is 3.93. The Morgan fingerprint density at radius 3 is 2.39 bits per heavy atom. The van der Waals surface area contributed by atoms with Crippen molar-refractivity contribution < 1.29 is 4.79 Å². The number of amides is 1. The standard InChI is InChI=1S/C13H26N4O/c1-15-9-11-16(12-10-15)6-2-3-13(18)17-7-4-14-5-8-17/h14H,2-12H2,1H3. The minimum Gasteiger partial charge on any atom is -0.340 e. The quantitative estimate of drug-likeness (QED) is 0.730. The molecule has 18 heavy (non-hydrogen) atoms. The Labute approximate surface area is 110 Å². The molecule has 2 saturated heterocycles. The van der Waals surface area contributed by atoms with Gasteiger partial charge in [0.05, 0.1) is 0 Å². The van der Waals surface area contributed by atoms with Gasteiger partial charge in [-0.2, -0.15) is 0 Å². The molecule has 0 aromatic carbocycles. The van der Waals surface area contributed by atoms with Crippen LogP contribution in [0.5, 0.6) is 0 Å². The summed E-state index contributed by atoms with van der Waals surface area (Å²) in [5.74, 6) is 0.339. The summed E-state index contributed by atoms with van der Waals surface area (Å²) >= 11 is 0. The van der Waals surface area contributed by atoms with E-state index in [9.17, 15) is 4.79 Å². The number of carbonyl (C=O) groups excluding carboxylic acids is 1. The van der Waals surface area contributed by atoms with Gasteiger partial charge in [0.25, 0.3) is 0 Å². The maximum atomic E-state index is 12.0. The molecule has 2 rings (SSSR count). The van der Waals surface area contributed by atoms with Crippen molar-refractivity contribution in [3.63, 3.8) is 0 Å². The van der Waals surface area contributed by atoms with Gasteiger partial charge in [-0.1, -0.05) is 0 Å². The van der Waals surface area contributed by atoms with E-state index in [2.05, 4.69) is 22.2 Å². The summed E-state index contributed by atoms with van der Waals surface area (Å²) in [5.41, 5.74) is 0. The molecule has 0 radical (unpaired) electrons. The van der Waals surface area contributed by atoms with Crippen molar-refractivity contribution in [3.8, 4) is 0 Å². The van der Waals surface area contributed by atoms with E-state index in [0.717, 1.165) is 65.3 Å². The largest absolute Gasteiger partial charge is 0.340 e. The Hall–Kier alpha value is -0.650. The van der Waals surface area contributed by atoms with E-state index in [1.807, 2.05) is 4.90 Å². The molecule has 104 valence electrons. The first-order valence-corrected chi connectivity index (χ1v) is 7.15. The zero-order chi connectivity index (χ0) is 12.8. The molecule has 1 amide bonds. The van der Waals surface area contributed by atoms with E-state index < -0.39 is 0 Å². The van der Waals surface area contributed by atoms with Crippen LogP contribution in [0.25, 0.3) is 0 Å². The zero-order valence-corrected chi connectivity index (χ0v) is 11.5. The summed E-state index contributed by atoms with van der Waals surface area (Å²) in [5, 5.41) is 3.27. The van der Waals surface area contributed by atoms with Crippen LogP contribution in [0, 0.1) is 0 Å². The second-order valence-corrected chi connectivity index (χ2v) is 5.38. The zero-order valence-electron chi connectivity index (χ0n) is 11.5. The molecule has 0 unspecified atom stereocenters. The number of hydrogen-bond acceptors (Lipinski definition) is 4. The highest BCUT2D eigenvalue weighted by Gasteiger charge is 2.17. The third-order valence-corrected chi connectivity index (χ3v) is 3.93. The van der Waals surface area contributed by atoms with Crippen LogP contribution in [0.3, 0.4) is 0 Å². The fourth-order valence-electron chi connectivity index (χ4n) is 2.60. The fraction of sp³-hybridized carbons (Fsp3) is 0.923. The van der Waals surface area contributed by atoms with E-state index in [1.165, 1.54) is 0 Å². The second kappa shape index (κ2) is 7.07. The summed E-state index contributed by atoms with van der Waals surface area (Å²) < 4.78 is 0. The molecule has 0 aromatic rings. The molecule has 2 heterocycles. The van der Waals surface area contributed by atoms with Crippen LogP contribution in [0.2, 0.25) is 0 Å². The molecule has 2 aliphatic rings. The van der Waals surface area contributed by atoms with Gasteiger partial charge < -0.3 is 20.0 Å². The van der Waals surface area contributed by atoms with Gasteiger partial charge >= 0.3 is 0 Å². The van der Waals surface area contributed by atoms with E-state index in [1.54, 1.807) is 0 Å². The molecule has 0 bridgehead atoms. The first kappa shape index (κ1) is 13.8. The molecule has 0 saturated carbocycles. The fourth-order valence-corrected chi connectivity index (χ4v) is 2.60. The predicted octanol–water partition coefficient (Wildman–Crippen LogP) is -0.554. The number of likely N-dealkylation sites (N-methyl/N-ethyl adjacent to an activating group) is 1. The normalized spacial score (nSPS) is 23.3. The van der Waals surface area contributed by atoms with Crippen LogP contribution in [0.1, 0.15) is 12.8 Å². The van der Waals surface area contributed by atoms with Crippen LogP contribution in [0.4, 0.5) is 0 Å². The van der Waals surface area contributed by atoms with Gasteiger partial charge in [0.15, 0.2) is 0 Å². The number of nitrogens with one attached hydrogen (secondary N) is 1. The van der Waals surface area contributed by atoms with E-state index in [4.69, 9.17) is 0 Å². The number of hydrogen-bond donors (Lipinski definition) is 1. The molecule has 0 spiro atoms. The molecule has 2 aliphatic heterocycles. The van der Waals surface area contributed by atoms with Crippen molar-refractivity contribution in [1.82, 2.24) is 20.0 Å². The lowest BCUT2D eigenvalue weighted by Gasteiger charge is -2.32. The van der Waals surface area contributed by atoms with Crippen molar-refractivity contribution in [1.29, 1.82) is 0 Å². The first-order chi connectivity index (χ1) is 8.75. The van der Waals surface area contributed by atoms with Gasteiger partial charge in [-0.15, -0.1) is 0 Å². The van der Waals surface area contributed by atoms with E-state index >= 15 is 0 Å². The summed E-state index contributed by atoms with van der Waals surface area (Å²) in [6.07, 6.45) is 1.72. The smallest absolute Gasteiger partial charge is 0.222 e. The van der Waals surface area contributed by atoms with Crippen molar-refractivity contribution in [2.45, 2.75) is 12.8 Å². The van der Waals surface area contributed by atoms with Crippen LogP contribution in [-0.2, 0) is 4.79 Å². The highest BCUT2D eigenvalue weighted by Crippen LogP contribution is 2.04. The number of carbonyl (C=O) groups is 1. The molecule has 1 N–H and O–H groups in total. The maximum Gasteiger partial charge on any atom is 0.222 e. The lowest BCUT2D eigenvalue weighted by atomic mass is 10.2. The number of piperazine rings is 2. The Balaban J connectivity index is 1.58. The average molecular weight is 254 g/mol. The van der Waals surface area contributed by atoms with Crippen molar-refractivity contribution in [3.05, 3.63) is 0 Å². The Kier molecular flexibility index (Phi) is 5.41. The van der Waals surface area contributed by atoms with Crippen LogP contribution in [0.15, 0.2) is 0 Å². The molecule has 5 nitrogen and oxygen atoms in total. The highest BCUT2D eigenvalue weighted by molar-refractivity contribution is 5.76. The lowest BCUT2D eigenvalue weighted by Crippen LogP contribution is -2.47. The van der Waals surface area contributed by atoms with E-state index in [0.29, 0.717) is 12.3 Å². The molecule has 0 atom stereocenters. The van der Waals surface area contributed by atoms with Gasteiger partial charge in [0, 0.05) is 58.8 Å². The third kappa shape index (κ3) is 4.23. The van der Waals surface area contributed by atoms with Gasteiger partial charge in [0.1, 0.15) is 0 Å². The number of rotatable bonds is 4. The average Bonchev–Trinajstić information content (AvgIpc) is 2.42. The highest BCUT2D eigenvalue weighted by atomic mass is 16.2. The topological polar surface area (TPSA) is 38.8 Å². The van der Waals surface area contributed by atoms with E-state index in [-0.39, 0.29) is 0 Å². The maximum absolute atomic E-state index is 12.0. The summed E-state index contributed by atoms with van der Waals surface area (Å²) in [7, 11) is 2.17. The summed E-state index contributed by atoms with van der Waals surface area (Å²) in [6, 6.07) is 0. The van der Waals surface area contributed by atoms with Gasteiger partial charge in [-0.05, 0) is 20.0 Å². The molecular weight excluding hydrogens is 228 g/mol. The Morgan fingerprint density at radius 2 is 1.72 bits per heavy atom. The van der Waals surface area contributed by atoms with Gasteiger partial charge in [-0.3, -0.25) is 4.79 Å². The summed E-state index contributed by atoms with van der Waals surface area (Å²) in [6.45, 7) is 9.36. The van der Waals surface area contributed by atoms with Gasteiger partial charge in [-0.25, -0.2) is 0 Å². The Morgan fingerprint density at radius 1 is 1.06 bits per heavy atom. The minimum absolute atomic E-state index is 0.339. The molecule has 5 heteroatoms. The van der Waals surface area contributed by atoms with Crippen molar-refractivity contribution >= 4 is 5.91 Å². The molecule has 0 aliphatic carbocycles. The van der Waals surface area contributed by atoms with Gasteiger partial charge in [0.2, 0.25) is 5.91 Å². The minimum atomic E-state index is 0.339. The monoisotopic (exact) mass is 254 g/mol. The lowest BCUT2D eigenvalue weighted by molar-refractivity contribution is -0.131. The Bertz CT molecular complexity index is 258. The van der Waals surface area contributed by atoms with Crippen LogP contribution >= 0.6 is 0 Å². The van der Waals surface area contributed by atoms with Crippen molar-refractivity contribution in [2.75, 3.05) is 66.0 Å². The SMILES string of the molecule is CN1CCN(CCCC(=O)N2CCNCC2)CC1.